The van der Waals surface area contributed by atoms with Crippen LogP contribution in [0, 0.1) is 5.92 Å². The van der Waals surface area contributed by atoms with Gasteiger partial charge in [-0.3, -0.25) is 14.6 Å². The van der Waals surface area contributed by atoms with Crippen molar-refractivity contribution >= 4 is 22.6 Å². The first kappa shape index (κ1) is 18.9. The van der Waals surface area contributed by atoms with Crippen LogP contribution in [-0.2, 0) is 9.53 Å². The number of pyridine rings is 1. The van der Waals surface area contributed by atoms with E-state index in [1.165, 1.54) is 0 Å². The Morgan fingerprint density at radius 3 is 3.04 bits per heavy atom. The number of fused-ring (bicyclic) bond motifs is 2. The second-order valence-corrected chi connectivity index (χ2v) is 7.74. The molecule has 6 nitrogen and oxygen atoms in total. The van der Waals surface area contributed by atoms with E-state index < -0.39 is 0 Å². The highest BCUT2D eigenvalue weighted by Gasteiger charge is 2.40. The van der Waals surface area contributed by atoms with Gasteiger partial charge in [0.05, 0.1) is 0 Å². The van der Waals surface area contributed by atoms with Crippen LogP contribution in [0.15, 0.2) is 36.7 Å². The van der Waals surface area contributed by atoms with E-state index in [4.69, 9.17) is 4.74 Å². The Balaban J connectivity index is 1.49. The van der Waals surface area contributed by atoms with Gasteiger partial charge in [-0.2, -0.15) is 0 Å². The average molecular weight is 381 g/mol. The van der Waals surface area contributed by atoms with Crippen molar-refractivity contribution in [1.29, 1.82) is 0 Å². The Hall–Kier alpha value is -2.47. The lowest BCUT2D eigenvalue weighted by Gasteiger charge is -2.47. The first-order valence-corrected chi connectivity index (χ1v) is 10.1. The van der Waals surface area contributed by atoms with Crippen LogP contribution >= 0.6 is 0 Å². The molecule has 0 unspecified atom stereocenters. The molecule has 2 aliphatic heterocycles. The molecule has 3 heterocycles. The van der Waals surface area contributed by atoms with E-state index in [0.717, 1.165) is 48.7 Å². The van der Waals surface area contributed by atoms with E-state index in [2.05, 4.69) is 4.98 Å². The molecule has 0 aliphatic carbocycles. The zero-order valence-corrected chi connectivity index (χ0v) is 16.3. The van der Waals surface area contributed by atoms with Crippen LogP contribution in [0.1, 0.15) is 36.0 Å². The maximum atomic E-state index is 13.3. The van der Waals surface area contributed by atoms with Crippen molar-refractivity contribution in [2.45, 2.75) is 31.7 Å². The second-order valence-electron chi connectivity index (χ2n) is 7.74. The number of likely N-dealkylation sites (tertiary alicyclic amines) is 2. The van der Waals surface area contributed by atoms with Crippen molar-refractivity contribution < 1.29 is 14.3 Å². The molecule has 0 saturated carbocycles. The van der Waals surface area contributed by atoms with Gasteiger partial charge in [0.1, 0.15) is 0 Å². The molecule has 0 N–H and O–H groups in total. The molecule has 2 aliphatic rings. The monoisotopic (exact) mass is 381 g/mol. The number of methoxy groups -OCH3 is 1. The Morgan fingerprint density at radius 2 is 2.18 bits per heavy atom. The van der Waals surface area contributed by atoms with Gasteiger partial charge in [-0.05, 0) is 42.7 Å². The summed E-state index contributed by atoms with van der Waals surface area (Å²) >= 11 is 0. The van der Waals surface area contributed by atoms with Gasteiger partial charge < -0.3 is 14.5 Å². The normalized spacial score (nSPS) is 22.4. The van der Waals surface area contributed by atoms with Gasteiger partial charge in [-0.25, -0.2) is 0 Å². The summed E-state index contributed by atoms with van der Waals surface area (Å²) in [7, 11) is 1.69. The highest BCUT2D eigenvalue weighted by atomic mass is 16.5. The molecule has 2 atom stereocenters. The summed E-state index contributed by atoms with van der Waals surface area (Å²) in [6.07, 6.45) is 6.68. The quantitative estimate of drug-likeness (QED) is 0.747. The molecule has 4 rings (SSSR count). The highest BCUT2D eigenvalue weighted by Crippen LogP contribution is 2.32. The molecule has 1 aromatic carbocycles. The predicted molar refractivity (Wildman–Crippen MR) is 107 cm³/mol. The predicted octanol–water partition coefficient (Wildman–Crippen LogP) is 2.72. The van der Waals surface area contributed by atoms with Gasteiger partial charge in [-0.1, -0.05) is 12.1 Å². The summed E-state index contributed by atoms with van der Waals surface area (Å²) in [6.45, 7) is 2.83. The number of nitrogens with zero attached hydrogens (tertiary/aromatic N) is 3. The third-order valence-electron chi connectivity index (χ3n) is 6.09. The standard InChI is InChI=1S/C22H27N3O3/c1-28-13-3-11-25-20-9-12-24(15-17(20)6-7-21(25)26)22(27)19-5-2-4-16-14-23-10-8-18(16)19/h2,4-5,8,10,14,17,20H,3,6-7,9,11-13,15H2,1H3/t17-,20+/m0/s1. The SMILES string of the molecule is COCCCN1C(=O)CC[C@H]2CN(C(=O)c3cccc4cnccc34)CC[C@H]21. The van der Waals surface area contributed by atoms with E-state index in [9.17, 15) is 9.59 Å². The van der Waals surface area contributed by atoms with Gasteiger partial charge >= 0.3 is 0 Å². The molecule has 148 valence electrons. The van der Waals surface area contributed by atoms with Crippen molar-refractivity contribution in [3.63, 3.8) is 0 Å². The summed E-state index contributed by atoms with van der Waals surface area (Å²) in [4.78, 5) is 33.8. The summed E-state index contributed by atoms with van der Waals surface area (Å²) in [5.74, 6) is 0.686. The van der Waals surface area contributed by atoms with Crippen molar-refractivity contribution in [3.05, 3.63) is 42.2 Å². The van der Waals surface area contributed by atoms with Crippen LogP contribution in [0.3, 0.4) is 0 Å². The number of amides is 2. The van der Waals surface area contributed by atoms with Crippen molar-refractivity contribution in [3.8, 4) is 0 Å². The molecular weight excluding hydrogens is 354 g/mol. The van der Waals surface area contributed by atoms with Crippen LogP contribution in [0.2, 0.25) is 0 Å². The first-order valence-electron chi connectivity index (χ1n) is 10.1. The largest absolute Gasteiger partial charge is 0.385 e. The van der Waals surface area contributed by atoms with Crippen LogP contribution in [-0.4, -0.2) is 66.0 Å². The Kier molecular flexibility index (Phi) is 5.57. The summed E-state index contributed by atoms with van der Waals surface area (Å²) in [6, 6.07) is 7.96. The lowest BCUT2D eigenvalue weighted by atomic mass is 9.83. The summed E-state index contributed by atoms with van der Waals surface area (Å²) in [5.41, 5.74) is 0.738. The van der Waals surface area contributed by atoms with Crippen LogP contribution in [0.5, 0.6) is 0 Å². The van der Waals surface area contributed by atoms with E-state index in [1.807, 2.05) is 34.1 Å². The van der Waals surface area contributed by atoms with Crippen molar-refractivity contribution in [1.82, 2.24) is 14.8 Å². The minimum Gasteiger partial charge on any atom is -0.385 e. The minimum absolute atomic E-state index is 0.0816. The summed E-state index contributed by atoms with van der Waals surface area (Å²) < 4.78 is 5.14. The van der Waals surface area contributed by atoms with Crippen LogP contribution < -0.4 is 0 Å². The number of benzene rings is 1. The van der Waals surface area contributed by atoms with E-state index in [0.29, 0.717) is 25.5 Å². The van der Waals surface area contributed by atoms with Gasteiger partial charge in [0.25, 0.3) is 5.91 Å². The van der Waals surface area contributed by atoms with Gasteiger partial charge in [0.2, 0.25) is 5.91 Å². The summed E-state index contributed by atoms with van der Waals surface area (Å²) in [5, 5.41) is 1.93. The lowest BCUT2D eigenvalue weighted by Crippen LogP contribution is -2.57. The fourth-order valence-electron chi connectivity index (χ4n) is 4.68. The first-order chi connectivity index (χ1) is 13.7. The molecule has 6 heteroatoms. The molecule has 0 radical (unpaired) electrons. The molecule has 2 amide bonds. The van der Waals surface area contributed by atoms with Crippen LogP contribution in [0.4, 0.5) is 0 Å². The molecule has 2 aromatic rings. The smallest absolute Gasteiger partial charge is 0.254 e. The molecular formula is C22H27N3O3. The lowest BCUT2D eigenvalue weighted by molar-refractivity contribution is -0.140. The Morgan fingerprint density at radius 1 is 1.29 bits per heavy atom. The Labute approximate surface area is 165 Å². The number of rotatable bonds is 5. The molecule has 2 saturated heterocycles. The zero-order valence-electron chi connectivity index (χ0n) is 16.3. The zero-order chi connectivity index (χ0) is 19.5. The van der Waals surface area contributed by atoms with Gasteiger partial charge in [0.15, 0.2) is 0 Å². The van der Waals surface area contributed by atoms with Gasteiger partial charge in [0, 0.05) is 69.2 Å². The van der Waals surface area contributed by atoms with E-state index in [-0.39, 0.29) is 17.9 Å². The van der Waals surface area contributed by atoms with E-state index in [1.54, 1.807) is 19.5 Å². The molecule has 28 heavy (non-hydrogen) atoms. The maximum absolute atomic E-state index is 13.3. The maximum Gasteiger partial charge on any atom is 0.254 e. The van der Waals surface area contributed by atoms with Crippen molar-refractivity contribution in [2.24, 2.45) is 5.92 Å². The fourth-order valence-corrected chi connectivity index (χ4v) is 4.68. The van der Waals surface area contributed by atoms with Crippen molar-refractivity contribution in [2.75, 3.05) is 33.4 Å². The number of ether oxygens (including phenoxy) is 1. The number of hydrogen-bond donors (Lipinski definition) is 0. The Bertz CT molecular complexity index is 864. The number of carbonyl (C=O) groups excluding carboxylic acids is 2. The average Bonchev–Trinajstić information content (AvgIpc) is 2.74. The highest BCUT2D eigenvalue weighted by molar-refractivity contribution is 6.06. The van der Waals surface area contributed by atoms with E-state index >= 15 is 0 Å². The molecule has 2 fully saturated rings. The third kappa shape index (κ3) is 3.61. The number of carbonyl (C=O) groups is 2. The van der Waals surface area contributed by atoms with Gasteiger partial charge in [-0.15, -0.1) is 0 Å². The number of hydrogen-bond acceptors (Lipinski definition) is 4. The molecule has 0 bridgehead atoms. The van der Waals surface area contributed by atoms with Crippen LogP contribution in [0.25, 0.3) is 10.8 Å². The minimum atomic E-state index is 0.0816. The third-order valence-corrected chi connectivity index (χ3v) is 6.09. The number of piperidine rings is 2. The number of aromatic nitrogens is 1. The second kappa shape index (κ2) is 8.27. The molecule has 1 aromatic heterocycles. The topological polar surface area (TPSA) is 62.7 Å². The molecule has 0 spiro atoms. The fraction of sp³-hybridized carbons (Fsp3) is 0.500.